The Labute approximate surface area is 136 Å². The first-order chi connectivity index (χ1) is 10.8. The molecule has 0 radical (unpaired) electrons. The van der Waals surface area contributed by atoms with Crippen LogP contribution in [0.5, 0.6) is 0 Å². The molecule has 1 aromatic carbocycles. The van der Waals surface area contributed by atoms with Crippen molar-refractivity contribution in [2.45, 2.75) is 57.3 Å². The van der Waals surface area contributed by atoms with Crippen molar-refractivity contribution in [3.63, 3.8) is 0 Å². The zero-order valence-corrected chi connectivity index (χ0v) is 13.8. The summed E-state index contributed by atoms with van der Waals surface area (Å²) in [5.74, 6) is 3.25. The minimum Gasteiger partial charge on any atom is -0.103 e. The van der Waals surface area contributed by atoms with Crippen molar-refractivity contribution in [1.29, 1.82) is 0 Å². The summed E-state index contributed by atoms with van der Waals surface area (Å²) in [5.41, 5.74) is 1.55. The van der Waals surface area contributed by atoms with Gasteiger partial charge in [0, 0.05) is 0 Å². The molecule has 0 aromatic heterocycles. The van der Waals surface area contributed by atoms with Crippen molar-refractivity contribution < 1.29 is 0 Å². The summed E-state index contributed by atoms with van der Waals surface area (Å²) in [4.78, 5) is 0. The van der Waals surface area contributed by atoms with Crippen LogP contribution in [0.25, 0.3) is 0 Å². The molecule has 2 aliphatic carbocycles. The third-order valence-electron chi connectivity index (χ3n) is 5.85. The van der Waals surface area contributed by atoms with Gasteiger partial charge >= 0.3 is 0 Å². The van der Waals surface area contributed by atoms with Crippen molar-refractivity contribution in [2.24, 2.45) is 17.8 Å². The van der Waals surface area contributed by atoms with E-state index in [2.05, 4.69) is 55.1 Å². The van der Waals surface area contributed by atoms with Gasteiger partial charge in [0.2, 0.25) is 0 Å². The zero-order valence-electron chi connectivity index (χ0n) is 13.8. The predicted octanol–water partition coefficient (Wildman–Crippen LogP) is 6.51. The molecule has 2 fully saturated rings. The van der Waals surface area contributed by atoms with Crippen LogP contribution in [-0.2, 0) is 0 Å². The van der Waals surface area contributed by atoms with Gasteiger partial charge in [-0.3, -0.25) is 0 Å². The van der Waals surface area contributed by atoms with E-state index in [9.17, 15) is 0 Å². The largest absolute Gasteiger partial charge is 0.103 e. The van der Waals surface area contributed by atoms with Crippen LogP contribution >= 0.6 is 0 Å². The van der Waals surface area contributed by atoms with Gasteiger partial charge in [-0.05, 0) is 80.6 Å². The highest BCUT2D eigenvalue weighted by Crippen LogP contribution is 2.37. The maximum Gasteiger partial charge on any atom is -0.0162 e. The smallest absolute Gasteiger partial charge is 0.0162 e. The Morgan fingerprint density at radius 3 is 1.73 bits per heavy atom. The summed E-state index contributed by atoms with van der Waals surface area (Å²) in [7, 11) is 0. The van der Waals surface area contributed by atoms with Crippen molar-refractivity contribution in [2.75, 3.05) is 0 Å². The third-order valence-corrected chi connectivity index (χ3v) is 5.85. The van der Waals surface area contributed by atoms with Gasteiger partial charge in [-0.15, -0.1) is 6.58 Å². The van der Waals surface area contributed by atoms with Gasteiger partial charge < -0.3 is 0 Å². The fourth-order valence-corrected chi connectivity index (χ4v) is 4.26. The van der Waals surface area contributed by atoms with Gasteiger partial charge in [-0.2, -0.15) is 0 Å². The summed E-state index contributed by atoms with van der Waals surface area (Å²) in [6.45, 7) is 3.94. The number of allylic oxidation sites excluding steroid dienone is 3. The van der Waals surface area contributed by atoms with Crippen LogP contribution in [0.2, 0.25) is 0 Å². The fraction of sp³-hybridized carbons (Fsp3) is 0.545. The maximum absolute atomic E-state index is 3.94. The van der Waals surface area contributed by atoms with Gasteiger partial charge in [0.1, 0.15) is 0 Å². The molecule has 2 aliphatic rings. The minimum atomic E-state index is 0.783. The molecule has 1 aromatic rings. The third kappa shape index (κ3) is 4.12. The SMILES string of the molecule is C=CC1CCC(/C=C/C2CCC(c3ccccc3)CC2)CC1. The van der Waals surface area contributed by atoms with Gasteiger partial charge in [-0.25, -0.2) is 0 Å². The quantitative estimate of drug-likeness (QED) is 0.555. The fourth-order valence-electron chi connectivity index (χ4n) is 4.26. The molecule has 0 amide bonds. The van der Waals surface area contributed by atoms with E-state index >= 15 is 0 Å². The molecular weight excluding hydrogens is 264 g/mol. The lowest BCUT2D eigenvalue weighted by molar-refractivity contribution is 0.349. The summed E-state index contributed by atoms with van der Waals surface area (Å²) in [6.07, 6.45) is 18.2. The molecule has 22 heavy (non-hydrogen) atoms. The number of benzene rings is 1. The number of rotatable bonds is 4. The molecule has 0 bridgehead atoms. The van der Waals surface area contributed by atoms with E-state index in [1.165, 1.54) is 51.4 Å². The van der Waals surface area contributed by atoms with Crippen LogP contribution in [0, 0.1) is 17.8 Å². The Morgan fingerprint density at radius 1 is 0.682 bits per heavy atom. The van der Waals surface area contributed by atoms with E-state index in [0.717, 1.165) is 23.7 Å². The molecule has 0 N–H and O–H groups in total. The normalized spacial score (nSPS) is 32.9. The average Bonchev–Trinajstić information content (AvgIpc) is 2.61. The van der Waals surface area contributed by atoms with E-state index in [0.29, 0.717) is 0 Å². The second-order valence-corrected chi connectivity index (χ2v) is 7.32. The van der Waals surface area contributed by atoms with Gasteiger partial charge in [0.05, 0.1) is 0 Å². The summed E-state index contributed by atoms with van der Waals surface area (Å²) in [6, 6.07) is 11.1. The van der Waals surface area contributed by atoms with Crippen LogP contribution in [-0.4, -0.2) is 0 Å². The van der Waals surface area contributed by atoms with Crippen LogP contribution in [0.1, 0.15) is 62.8 Å². The molecule has 0 nitrogen and oxygen atoms in total. The summed E-state index contributed by atoms with van der Waals surface area (Å²) in [5, 5.41) is 0. The zero-order chi connectivity index (χ0) is 15.2. The topological polar surface area (TPSA) is 0 Å². The second kappa shape index (κ2) is 7.81. The van der Waals surface area contributed by atoms with Crippen LogP contribution in [0.3, 0.4) is 0 Å². The van der Waals surface area contributed by atoms with Crippen LogP contribution in [0.15, 0.2) is 55.1 Å². The molecule has 118 valence electrons. The summed E-state index contributed by atoms with van der Waals surface area (Å²) >= 11 is 0. The van der Waals surface area contributed by atoms with Crippen molar-refractivity contribution in [3.8, 4) is 0 Å². The lowest BCUT2D eigenvalue weighted by atomic mass is 9.77. The predicted molar refractivity (Wildman–Crippen MR) is 95.9 cm³/mol. The van der Waals surface area contributed by atoms with Crippen LogP contribution < -0.4 is 0 Å². The molecule has 0 aliphatic heterocycles. The molecule has 0 saturated heterocycles. The molecule has 0 heteroatoms. The van der Waals surface area contributed by atoms with E-state index in [1.807, 2.05) is 0 Å². The second-order valence-electron chi connectivity index (χ2n) is 7.32. The monoisotopic (exact) mass is 294 g/mol. The Hall–Kier alpha value is -1.30. The highest BCUT2D eigenvalue weighted by atomic mass is 14.3. The van der Waals surface area contributed by atoms with Gasteiger partial charge in [0.25, 0.3) is 0 Å². The molecule has 3 rings (SSSR count). The first-order valence-corrected chi connectivity index (χ1v) is 9.21. The Morgan fingerprint density at radius 2 is 1.18 bits per heavy atom. The molecule has 0 heterocycles. The Kier molecular flexibility index (Phi) is 5.53. The molecular formula is C22H30. The van der Waals surface area contributed by atoms with Gasteiger partial charge in [0.15, 0.2) is 0 Å². The van der Waals surface area contributed by atoms with E-state index in [-0.39, 0.29) is 0 Å². The Bertz CT molecular complexity index is 468. The Balaban J connectivity index is 1.44. The van der Waals surface area contributed by atoms with Crippen molar-refractivity contribution >= 4 is 0 Å². The lowest BCUT2D eigenvalue weighted by Gasteiger charge is -2.28. The summed E-state index contributed by atoms with van der Waals surface area (Å²) < 4.78 is 0. The maximum atomic E-state index is 3.94. The molecule has 2 saturated carbocycles. The van der Waals surface area contributed by atoms with E-state index in [1.54, 1.807) is 5.56 Å². The van der Waals surface area contributed by atoms with Crippen molar-refractivity contribution in [1.82, 2.24) is 0 Å². The van der Waals surface area contributed by atoms with Gasteiger partial charge in [-0.1, -0.05) is 48.6 Å². The lowest BCUT2D eigenvalue weighted by Crippen LogP contribution is -2.13. The first kappa shape index (κ1) is 15.6. The number of hydrogen-bond donors (Lipinski definition) is 0. The minimum absolute atomic E-state index is 0.783. The van der Waals surface area contributed by atoms with Crippen LogP contribution in [0.4, 0.5) is 0 Å². The van der Waals surface area contributed by atoms with Crippen molar-refractivity contribution in [3.05, 3.63) is 60.7 Å². The highest BCUT2D eigenvalue weighted by Gasteiger charge is 2.21. The molecule has 0 atom stereocenters. The first-order valence-electron chi connectivity index (χ1n) is 9.21. The molecule has 0 unspecified atom stereocenters. The average molecular weight is 294 g/mol. The number of hydrogen-bond acceptors (Lipinski definition) is 0. The highest BCUT2D eigenvalue weighted by molar-refractivity contribution is 5.20. The van der Waals surface area contributed by atoms with E-state index in [4.69, 9.17) is 0 Å². The standard InChI is InChI=1S/C22H30/c1-2-18-8-10-19(11-9-18)12-13-20-14-16-22(17-15-20)21-6-4-3-5-7-21/h2-7,12-13,18-20,22H,1,8-11,14-17H2/b13-12+. The molecule has 0 spiro atoms. The van der Waals surface area contributed by atoms with E-state index < -0.39 is 0 Å².